The lowest BCUT2D eigenvalue weighted by molar-refractivity contribution is -0.134. The molecule has 3 nitrogen and oxygen atoms in total. The van der Waals surface area contributed by atoms with Gasteiger partial charge in [-0.25, -0.2) is 0 Å². The molecule has 3 heteroatoms. The van der Waals surface area contributed by atoms with E-state index >= 15 is 0 Å². The molecule has 0 saturated carbocycles. The third kappa shape index (κ3) is 6.40. The van der Waals surface area contributed by atoms with Gasteiger partial charge in [0.25, 0.3) is 0 Å². The molecule has 1 rings (SSSR count). The second-order valence-corrected chi connectivity index (χ2v) is 4.29. The third-order valence-corrected chi connectivity index (χ3v) is 2.63. The average Bonchev–Trinajstić information content (AvgIpc) is 2.36. The van der Waals surface area contributed by atoms with Gasteiger partial charge in [-0.1, -0.05) is 24.1 Å². The Hall–Kier alpha value is -1.35. The van der Waals surface area contributed by atoms with E-state index in [9.17, 15) is 4.79 Å². The van der Waals surface area contributed by atoms with Crippen LogP contribution >= 0.6 is 0 Å². The summed E-state index contributed by atoms with van der Waals surface area (Å²) < 4.78 is 10.5. The number of carbonyl (C=O) groups excluding carboxylic acids is 1. The van der Waals surface area contributed by atoms with Gasteiger partial charge in [0.15, 0.2) is 0 Å². The number of rotatable bonds is 8. The van der Waals surface area contributed by atoms with Crippen molar-refractivity contribution in [1.82, 2.24) is 0 Å². The summed E-state index contributed by atoms with van der Waals surface area (Å²) in [6.45, 7) is 5.53. The van der Waals surface area contributed by atoms with Crippen molar-refractivity contribution in [1.29, 1.82) is 0 Å². The van der Waals surface area contributed by atoms with Gasteiger partial charge in [-0.3, -0.25) is 4.79 Å². The molecule has 18 heavy (non-hydrogen) atoms. The van der Waals surface area contributed by atoms with Crippen molar-refractivity contribution in [3.63, 3.8) is 0 Å². The zero-order valence-corrected chi connectivity index (χ0v) is 11.3. The molecule has 0 aromatic heterocycles. The van der Waals surface area contributed by atoms with Gasteiger partial charge >= 0.3 is 5.97 Å². The van der Waals surface area contributed by atoms with E-state index in [4.69, 9.17) is 9.47 Å². The van der Waals surface area contributed by atoms with Crippen molar-refractivity contribution in [2.24, 2.45) is 0 Å². The van der Waals surface area contributed by atoms with Crippen LogP contribution in [0, 0.1) is 6.92 Å². The number of esters is 1. The number of benzene rings is 1. The summed E-state index contributed by atoms with van der Waals surface area (Å²) in [5.74, 6) is 0.468. The molecule has 0 N–H and O–H groups in total. The van der Waals surface area contributed by atoms with E-state index in [1.54, 1.807) is 0 Å². The van der Waals surface area contributed by atoms with E-state index < -0.39 is 0 Å². The summed E-state index contributed by atoms with van der Waals surface area (Å²) in [7, 11) is 0. The first-order valence-corrected chi connectivity index (χ1v) is 6.57. The molecule has 100 valence electrons. The van der Waals surface area contributed by atoms with Gasteiger partial charge in [0.2, 0.25) is 0 Å². The molecule has 0 spiro atoms. The first-order chi connectivity index (χ1) is 8.72. The van der Waals surface area contributed by atoms with Gasteiger partial charge in [0.05, 0.1) is 0 Å². The van der Waals surface area contributed by atoms with E-state index in [2.05, 4.69) is 0 Å². The van der Waals surface area contributed by atoms with Crippen LogP contribution < -0.4 is 4.74 Å². The van der Waals surface area contributed by atoms with Crippen molar-refractivity contribution >= 4 is 5.97 Å². The molecule has 0 atom stereocenters. The summed E-state index contributed by atoms with van der Waals surface area (Å²) in [4.78, 5) is 11.5. The third-order valence-electron chi connectivity index (χ3n) is 2.63. The van der Waals surface area contributed by atoms with E-state index in [0.717, 1.165) is 38.0 Å². The Bertz CT molecular complexity index is 343. The SMILES string of the molecule is CCOCCCCCC(=O)Oc1ccc(C)cc1. The topological polar surface area (TPSA) is 35.5 Å². The zero-order valence-electron chi connectivity index (χ0n) is 11.3. The molecule has 0 aliphatic rings. The van der Waals surface area contributed by atoms with Gasteiger partial charge in [-0.2, -0.15) is 0 Å². The van der Waals surface area contributed by atoms with Gasteiger partial charge < -0.3 is 9.47 Å². The molecule has 0 fully saturated rings. The fraction of sp³-hybridized carbons (Fsp3) is 0.533. The lowest BCUT2D eigenvalue weighted by Gasteiger charge is -2.04. The molecule has 0 amide bonds. The summed E-state index contributed by atoms with van der Waals surface area (Å²) >= 11 is 0. The van der Waals surface area contributed by atoms with Crippen LogP contribution in [0.1, 0.15) is 38.2 Å². The van der Waals surface area contributed by atoms with Crippen molar-refractivity contribution in [3.8, 4) is 5.75 Å². The Morgan fingerprint density at radius 3 is 2.50 bits per heavy atom. The van der Waals surface area contributed by atoms with Crippen LogP contribution in [-0.2, 0) is 9.53 Å². The number of carbonyl (C=O) groups is 1. The molecule has 1 aromatic rings. The molecule has 0 bridgehead atoms. The number of hydrogen-bond acceptors (Lipinski definition) is 3. The molecule has 0 saturated heterocycles. The molecule has 1 aromatic carbocycles. The van der Waals surface area contributed by atoms with E-state index in [1.807, 2.05) is 38.1 Å². The number of aryl methyl sites for hydroxylation is 1. The van der Waals surface area contributed by atoms with Gasteiger partial charge in [0.1, 0.15) is 5.75 Å². The molecule has 0 heterocycles. The quantitative estimate of drug-likeness (QED) is 0.402. The van der Waals surface area contributed by atoms with Crippen LogP contribution in [0.5, 0.6) is 5.75 Å². The smallest absolute Gasteiger partial charge is 0.311 e. The van der Waals surface area contributed by atoms with Crippen LogP contribution in [0.25, 0.3) is 0 Å². The van der Waals surface area contributed by atoms with Crippen LogP contribution in [0.2, 0.25) is 0 Å². The summed E-state index contributed by atoms with van der Waals surface area (Å²) in [6, 6.07) is 7.51. The average molecular weight is 250 g/mol. The monoisotopic (exact) mass is 250 g/mol. The van der Waals surface area contributed by atoms with Gasteiger partial charge in [-0.05, 0) is 38.8 Å². The van der Waals surface area contributed by atoms with Gasteiger partial charge in [0, 0.05) is 19.6 Å². The lowest BCUT2D eigenvalue weighted by Crippen LogP contribution is -2.07. The Labute approximate surface area is 109 Å². The highest BCUT2D eigenvalue weighted by Gasteiger charge is 2.04. The maximum atomic E-state index is 11.5. The van der Waals surface area contributed by atoms with Gasteiger partial charge in [-0.15, -0.1) is 0 Å². The van der Waals surface area contributed by atoms with Crippen molar-refractivity contribution in [3.05, 3.63) is 29.8 Å². The fourth-order valence-corrected chi connectivity index (χ4v) is 1.58. The standard InChI is InChI=1S/C15H22O3/c1-3-17-12-6-4-5-7-15(16)18-14-10-8-13(2)9-11-14/h8-11H,3-7,12H2,1-2H3. The maximum Gasteiger partial charge on any atom is 0.311 e. The molecule has 0 radical (unpaired) electrons. The van der Waals surface area contributed by atoms with Crippen molar-refractivity contribution in [2.45, 2.75) is 39.5 Å². The normalized spacial score (nSPS) is 10.3. The largest absolute Gasteiger partial charge is 0.427 e. The Morgan fingerprint density at radius 2 is 1.83 bits per heavy atom. The predicted molar refractivity (Wildman–Crippen MR) is 71.8 cm³/mol. The molecule has 0 aliphatic carbocycles. The van der Waals surface area contributed by atoms with E-state index in [0.29, 0.717) is 12.2 Å². The van der Waals surface area contributed by atoms with Crippen molar-refractivity contribution in [2.75, 3.05) is 13.2 Å². The number of ether oxygens (including phenoxy) is 2. The second-order valence-electron chi connectivity index (χ2n) is 4.29. The summed E-state index contributed by atoms with van der Waals surface area (Å²) in [6.07, 6.45) is 3.34. The molecule has 0 unspecified atom stereocenters. The highest BCUT2D eigenvalue weighted by atomic mass is 16.5. The minimum absolute atomic E-state index is 0.157. The minimum Gasteiger partial charge on any atom is -0.427 e. The maximum absolute atomic E-state index is 11.5. The van der Waals surface area contributed by atoms with Crippen LogP contribution in [0.15, 0.2) is 24.3 Å². The Morgan fingerprint density at radius 1 is 1.11 bits per heavy atom. The Kier molecular flexibility index (Phi) is 7.11. The van der Waals surface area contributed by atoms with Crippen molar-refractivity contribution < 1.29 is 14.3 Å². The summed E-state index contributed by atoms with van der Waals surface area (Å²) in [5.41, 5.74) is 1.16. The highest BCUT2D eigenvalue weighted by Crippen LogP contribution is 2.13. The minimum atomic E-state index is -0.157. The molecule has 0 aliphatic heterocycles. The fourth-order valence-electron chi connectivity index (χ4n) is 1.58. The zero-order chi connectivity index (χ0) is 13.2. The first-order valence-electron chi connectivity index (χ1n) is 6.57. The second kappa shape index (κ2) is 8.70. The van der Waals surface area contributed by atoms with Crippen LogP contribution in [0.4, 0.5) is 0 Å². The number of hydrogen-bond donors (Lipinski definition) is 0. The summed E-state index contributed by atoms with van der Waals surface area (Å²) in [5, 5.41) is 0. The van der Waals surface area contributed by atoms with E-state index in [-0.39, 0.29) is 5.97 Å². The number of unbranched alkanes of at least 4 members (excludes halogenated alkanes) is 2. The predicted octanol–water partition coefficient (Wildman–Crippen LogP) is 3.50. The van der Waals surface area contributed by atoms with Crippen LogP contribution in [0.3, 0.4) is 0 Å². The Balaban J connectivity index is 2.12. The highest BCUT2D eigenvalue weighted by molar-refractivity contribution is 5.72. The molecular formula is C15H22O3. The van der Waals surface area contributed by atoms with E-state index in [1.165, 1.54) is 0 Å². The van der Waals surface area contributed by atoms with Crippen LogP contribution in [-0.4, -0.2) is 19.2 Å². The molecular weight excluding hydrogens is 228 g/mol. The first kappa shape index (κ1) is 14.7. The lowest BCUT2D eigenvalue weighted by atomic mass is 10.2.